The van der Waals surface area contributed by atoms with Crippen LogP contribution in [0.1, 0.15) is 6.92 Å². The van der Waals surface area contributed by atoms with Crippen LogP contribution < -0.4 is 45.4 Å². The number of esters is 1. The number of aromatic nitrogens is 1. The van der Waals surface area contributed by atoms with Crippen LogP contribution in [-0.2, 0) is 35.2 Å². The Labute approximate surface area is 225 Å². The number of pyridine rings is 1. The molecule has 13 heteroatoms. The van der Waals surface area contributed by atoms with Gasteiger partial charge in [0.05, 0.1) is 17.2 Å². The summed E-state index contributed by atoms with van der Waals surface area (Å²) >= 11 is 1.16. The fourth-order valence-corrected chi connectivity index (χ4v) is 5.45. The van der Waals surface area contributed by atoms with Crippen LogP contribution in [0.2, 0.25) is 0 Å². The Balaban J connectivity index is 0.00000342. The third-order valence-corrected chi connectivity index (χ3v) is 6.97. The van der Waals surface area contributed by atoms with Gasteiger partial charge >= 0.3 is 35.5 Å². The maximum absolute atomic E-state index is 13.1. The van der Waals surface area contributed by atoms with Crippen molar-refractivity contribution < 1.29 is 63.3 Å². The molecule has 1 aromatic carbocycles. The van der Waals surface area contributed by atoms with E-state index in [2.05, 4.69) is 5.32 Å². The van der Waals surface area contributed by atoms with Gasteiger partial charge in [-0.2, -0.15) is 0 Å². The van der Waals surface area contributed by atoms with Crippen molar-refractivity contribution in [3.8, 4) is 0 Å². The van der Waals surface area contributed by atoms with E-state index in [1.807, 2.05) is 0 Å². The van der Waals surface area contributed by atoms with Crippen molar-refractivity contribution in [3.05, 3.63) is 58.0 Å². The first-order valence-electron chi connectivity index (χ1n) is 10.2. The van der Waals surface area contributed by atoms with Crippen molar-refractivity contribution in [2.75, 3.05) is 19.5 Å². The molecule has 2 aromatic rings. The number of para-hydroxylation sites is 1. The third-order valence-electron chi connectivity index (χ3n) is 5.60. The van der Waals surface area contributed by atoms with Crippen LogP contribution in [0.3, 0.4) is 0 Å². The van der Waals surface area contributed by atoms with E-state index in [4.69, 9.17) is 9.47 Å². The molecule has 11 nitrogen and oxygen atoms in total. The fraction of sp³-hybridized carbons (Fsp3) is 0.318. The number of rotatable bonds is 7. The van der Waals surface area contributed by atoms with E-state index in [9.17, 15) is 29.1 Å². The molecule has 1 aromatic heterocycles. The number of hydrogen-bond donors (Lipinski definition) is 1. The number of carboxylic acids is 1. The Morgan fingerprint density at radius 3 is 2.60 bits per heavy atom. The van der Waals surface area contributed by atoms with E-state index in [0.717, 1.165) is 16.7 Å². The molecule has 35 heavy (non-hydrogen) atoms. The van der Waals surface area contributed by atoms with Crippen molar-refractivity contribution in [1.82, 2.24) is 14.8 Å². The normalized spacial score (nSPS) is 21.0. The summed E-state index contributed by atoms with van der Waals surface area (Å²) in [7, 11) is 1.24. The van der Waals surface area contributed by atoms with Crippen LogP contribution >= 0.6 is 11.8 Å². The summed E-state index contributed by atoms with van der Waals surface area (Å²) in [5.41, 5.74) is -1.62. The predicted molar refractivity (Wildman–Crippen MR) is 118 cm³/mol. The molecular formula is C22H20N3NaO8S. The van der Waals surface area contributed by atoms with Crippen LogP contribution in [0.4, 0.5) is 0 Å². The minimum absolute atomic E-state index is 0. The molecule has 2 aliphatic heterocycles. The molecule has 178 valence electrons. The number of carbonyl (C=O) groups is 4. The standard InChI is InChI=1S/C22H21N3O8S.Na/c1-12(26)33-10-13-11-34-21-22(32-2,20(31)25(21)18(13)19(29)30)23-17(28)9-24-8-7-16(27)14-5-3-4-6-15(14)24;/h3-8,21H,9-11H2,1-2H3,(H,23,28)(H,29,30);/q;+1/p-1/t21-,22+;/m1./s1. The van der Waals surface area contributed by atoms with Gasteiger partial charge in [0.25, 0.3) is 11.6 Å². The summed E-state index contributed by atoms with van der Waals surface area (Å²) in [6.45, 7) is 0.676. The number of β-lactam (4-membered cyclic amide) rings is 1. The number of benzene rings is 1. The summed E-state index contributed by atoms with van der Waals surface area (Å²) in [6.07, 6.45) is 1.48. The van der Waals surface area contributed by atoms with Crippen LogP contribution in [0.15, 0.2) is 52.6 Å². The monoisotopic (exact) mass is 509 g/mol. The summed E-state index contributed by atoms with van der Waals surface area (Å²) < 4.78 is 11.9. The predicted octanol–water partition coefficient (Wildman–Crippen LogP) is -4.05. The molecule has 0 radical (unpaired) electrons. The molecule has 0 spiro atoms. The first-order chi connectivity index (χ1) is 16.2. The number of methoxy groups -OCH3 is 1. The Morgan fingerprint density at radius 1 is 1.23 bits per heavy atom. The van der Waals surface area contributed by atoms with Gasteiger partial charge in [0.1, 0.15) is 18.5 Å². The molecule has 0 unspecified atom stereocenters. The zero-order valence-corrected chi connectivity index (χ0v) is 22.0. The number of carbonyl (C=O) groups excluding carboxylic acids is 4. The van der Waals surface area contributed by atoms with Crippen LogP contribution in [-0.4, -0.2) is 63.8 Å². The average Bonchev–Trinajstić information content (AvgIpc) is 2.82. The maximum Gasteiger partial charge on any atom is 1.00 e. The van der Waals surface area contributed by atoms with E-state index >= 15 is 0 Å². The Hall–Kier alpha value is -2.64. The first kappa shape index (κ1) is 27.0. The molecule has 2 atom stereocenters. The van der Waals surface area contributed by atoms with E-state index in [0.29, 0.717) is 10.9 Å². The quantitative estimate of drug-likeness (QED) is 0.170. The number of carboxylic acid groups (broad SMARTS) is 1. The number of amides is 2. The zero-order valence-electron chi connectivity index (χ0n) is 19.2. The van der Waals surface area contributed by atoms with Gasteiger partial charge in [-0.25, -0.2) is 0 Å². The smallest absolute Gasteiger partial charge is 0.543 e. The van der Waals surface area contributed by atoms with Gasteiger partial charge in [-0.05, 0) is 12.1 Å². The Kier molecular flexibility index (Phi) is 8.12. The molecule has 0 aliphatic carbocycles. The number of nitrogens with one attached hydrogen (secondary N) is 1. The largest absolute Gasteiger partial charge is 1.00 e. The molecule has 0 saturated carbocycles. The van der Waals surface area contributed by atoms with Gasteiger partial charge in [-0.3, -0.25) is 24.1 Å². The van der Waals surface area contributed by atoms with Gasteiger partial charge in [-0.15, -0.1) is 11.8 Å². The summed E-state index contributed by atoms with van der Waals surface area (Å²) in [4.78, 5) is 62.0. The number of fused-ring (bicyclic) bond motifs is 2. The van der Waals surface area contributed by atoms with Crippen LogP contribution in [0.25, 0.3) is 10.9 Å². The minimum atomic E-state index is -1.79. The Morgan fingerprint density at radius 2 is 1.94 bits per heavy atom. The summed E-state index contributed by atoms with van der Waals surface area (Å²) in [5.74, 6) is -3.44. The second-order valence-electron chi connectivity index (χ2n) is 7.67. The van der Waals surface area contributed by atoms with Crippen molar-refractivity contribution in [1.29, 1.82) is 0 Å². The molecular weight excluding hydrogens is 489 g/mol. The summed E-state index contributed by atoms with van der Waals surface area (Å²) in [6, 6.07) is 8.14. The molecule has 4 rings (SSSR count). The molecule has 2 aliphatic rings. The second kappa shape index (κ2) is 10.5. The third kappa shape index (κ3) is 4.76. The number of ether oxygens (including phenoxy) is 2. The van der Waals surface area contributed by atoms with Crippen molar-refractivity contribution in [2.45, 2.75) is 24.6 Å². The van der Waals surface area contributed by atoms with Crippen molar-refractivity contribution in [2.24, 2.45) is 0 Å². The van der Waals surface area contributed by atoms with E-state index in [1.54, 1.807) is 28.8 Å². The molecule has 1 saturated heterocycles. The molecule has 1 fully saturated rings. The Bertz CT molecular complexity index is 1310. The number of hydrogen-bond acceptors (Lipinski definition) is 9. The first-order valence-corrected chi connectivity index (χ1v) is 11.2. The number of nitrogens with zero attached hydrogens (tertiary/aromatic N) is 2. The second-order valence-corrected chi connectivity index (χ2v) is 8.74. The van der Waals surface area contributed by atoms with Gasteiger partial charge in [0, 0.05) is 43.0 Å². The van der Waals surface area contributed by atoms with Crippen molar-refractivity contribution >= 4 is 46.4 Å². The van der Waals surface area contributed by atoms with Crippen molar-refractivity contribution in [3.63, 3.8) is 0 Å². The molecule has 2 amide bonds. The van der Waals surface area contributed by atoms with E-state index in [-0.39, 0.29) is 59.5 Å². The fourth-order valence-electron chi connectivity index (χ4n) is 4.03. The van der Waals surface area contributed by atoms with Gasteiger partial charge in [0.15, 0.2) is 5.43 Å². The van der Waals surface area contributed by atoms with Gasteiger partial charge < -0.3 is 29.3 Å². The van der Waals surface area contributed by atoms with Crippen LogP contribution in [0.5, 0.6) is 0 Å². The van der Waals surface area contributed by atoms with E-state index < -0.39 is 40.5 Å². The van der Waals surface area contributed by atoms with Gasteiger partial charge in [0.2, 0.25) is 5.91 Å². The molecule has 0 bridgehead atoms. The minimum Gasteiger partial charge on any atom is -0.543 e. The average molecular weight is 509 g/mol. The van der Waals surface area contributed by atoms with Crippen LogP contribution in [0, 0.1) is 0 Å². The van der Waals surface area contributed by atoms with Gasteiger partial charge in [-0.1, -0.05) is 12.1 Å². The van der Waals surface area contributed by atoms with E-state index in [1.165, 1.54) is 26.3 Å². The topological polar surface area (TPSA) is 147 Å². The molecule has 1 N–H and O–H groups in total. The number of thioether (sulfide) groups is 1. The maximum atomic E-state index is 13.1. The summed E-state index contributed by atoms with van der Waals surface area (Å²) in [5, 5.41) is 14.0. The molecule has 3 heterocycles. The zero-order chi connectivity index (χ0) is 24.6. The SMILES string of the molecule is CO[C@@]1(NC(=O)Cn2ccc(=O)c3ccccc32)C(=O)N2C(C(=O)[O-])=C(COC(C)=O)CS[C@@H]21.[Na+]. The number of aliphatic carboxylic acids is 1.